The third-order valence-corrected chi connectivity index (χ3v) is 11.3. The topological polar surface area (TPSA) is 25.8 Å². The van der Waals surface area contributed by atoms with Crippen LogP contribution in [0.15, 0.2) is 194 Å². The minimum Gasteiger partial charge on any atom is -0.228 e. The van der Waals surface area contributed by atoms with E-state index in [1.165, 1.54) is 49.9 Å². The molecule has 0 unspecified atom stereocenters. The molecule has 1 aromatic heterocycles. The highest BCUT2D eigenvalue weighted by Gasteiger charge is 2.36. The summed E-state index contributed by atoms with van der Waals surface area (Å²) in [5.41, 5.74) is 17.3. The fourth-order valence-electron chi connectivity index (χ4n) is 8.56. The Hall–Kier alpha value is -6.90. The smallest absolute Gasteiger partial charge is 0.160 e. The van der Waals surface area contributed by atoms with Crippen molar-refractivity contribution in [3.05, 3.63) is 205 Å². The second-order valence-corrected chi connectivity index (χ2v) is 15.0. The van der Waals surface area contributed by atoms with E-state index in [0.717, 1.165) is 44.6 Å². The molecule has 2 heteroatoms. The lowest BCUT2D eigenvalue weighted by atomic mass is 9.81. The van der Waals surface area contributed by atoms with Crippen LogP contribution in [0.25, 0.3) is 89.2 Å². The predicted molar refractivity (Wildman–Crippen MR) is 230 cm³/mol. The van der Waals surface area contributed by atoms with Crippen LogP contribution in [-0.4, -0.2) is 9.97 Å². The standard InChI is InChI=1S/C53H38N2/c1-53(2)47-27-15-14-25-46(47)51-45(26-16-28-48(51)53)43-29-30-44(42-24-13-12-23-41(42)43)50-34-49(54-52(55-50)37-21-10-5-11-22-37)40-32-38(35-17-6-3-7-18-35)31-39(33-40)36-19-8-4-9-20-36/h3-34H,1-2H3. The Bertz CT molecular complexity index is 2820. The van der Waals surface area contributed by atoms with Gasteiger partial charge in [-0.1, -0.05) is 184 Å². The Morgan fingerprint density at radius 2 is 0.818 bits per heavy atom. The lowest BCUT2D eigenvalue weighted by Gasteiger charge is -2.22. The minimum atomic E-state index is -0.0684. The Balaban J connectivity index is 1.19. The van der Waals surface area contributed by atoms with Gasteiger partial charge < -0.3 is 0 Å². The summed E-state index contributed by atoms with van der Waals surface area (Å²) in [6, 6.07) is 69.6. The molecule has 0 spiro atoms. The maximum Gasteiger partial charge on any atom is 0.160 e. The van der Waals surface area contributed by atoms with E-state index in [2.05, 4.69) is 202 Å². The molecule has 0 N–H and O–H groups in total. The van der Waals surface area contributed by atoms with E-state index in [4.69, 9.17) is 9.97 Å². The molecule has 1 aliphatic rings. The van der Waals surface area contributed by atoms with Crippen molar-refractivity contribution >= 4 is 10.8 Å². The zero-order valence-electron chi connectivity index (χ0n) is 30.9. The number of aromatic nitrogens is 2. The first kappa shape index (κ1) is 32.7. The summed E-state index contributed by atoms with van der Waals surface area (Å²) in [7, 11) is 0. The molecule has 0 aliphatic heterocycles. The van der Waals surface area contributed by atoms with Crippen LogP contribution in [0.4, 0.5) is 0 Å². The van der Waals surface area contributed by atoms with Crippen molar-refractivity contribution < 1.29 is 0 Å². The molecule has 0 saturated heterocycles. The molecule has 0 atom stereocenters. The zero-order valence-corrected chi connectivity index (χ0v) is 30.9. The Labute approximate surface area is 322 Å². The van der Waals surface area contributed by atoms with Gasteiger partial charge in [0.1, 0.15) is 0 Å². The molecular weight excluding hydrogens is 665 g/mol. The summed E-state index contributed by atoms with van der Waals surface area (Å²) in [6.45, 7) is 4.69. The largest absolute Gasteiger partial charge is 0.228 e. The van der Waals surface area contributed by atoms with Gasteiger partial charge in [-0.25, -0.2) is 9.97 Å². The SMILES string of the molecule is CC1(C)c2ccccc2-c2c(-c3ccc(-c4cc(-c5cc(-c6ccccc6)cc(-c6ccccc6)c5)nc(-c5ccccc5)n4)c4ccccc34)cccc21. The quantitative estimate of drug-likeness (QED) is 0.172. The Morgan fingerprint density at radius 1 is 0.327 bits per heavy atom. The van der Waals surface area contributed by atoms with E-state index in [9.17, 15) is 0 Å². The molecule has 1 aliphatic carbocycles. The first-order valence-corrected chi connectivity index (χ1v) is 19.0. The molecule has 260 valence electrons. The van der Waals surface area contributed by atoms with E-state index in [1.54, 1.807) is 0 Å². The van der Waals surface area contributed by atoms with Crippen LogP contribution < -0.4 is 0 Å². The predicted octanol–water partition coefficient (Wildman–Crippen LogP) is 13.9. The second-order valence-electron chi connectivity index (χ2n) is 15.0. The van der Waals surface area contributed by atoms with Gasteiger partial charge in [-0.3, -0.25) is 0 Å². The van der Waals surface area contributed by atoms with Crippen LogP contribution >= 0.6 is 0 Å². The van der Waals surface area contributed by atoms with E-state index in [1.807, 2.05) is 6.07 Å². The summed E-state index contributed by atoms with van der Waals surface area (Å²) < 4.78 is 0. The van der Waals surface area contributed by atoms with Gasteiger partial charge in [0.15, 0.2) is 5.82 Å². The summed E-state index contributed by atoms with van der Waals surface area (Å²) in [4.78, 5) is 10.6. The maximum atomic E-state index is 5.31. The number of fused-ring (bicyclic) bond motifs is 4. The first-order chi connectivity index (χ1) is 27.0. The molecule has 9 aromatic rings. The van der Waals surface area contributed by atoms with Crippen LogP contribution in [0.2, 0.25) is 0 Å². The summed E-state index contributed by atoms with van der Waals surface area (Å²) in [5, 5.41) is 2.37. The van der Waals surface area contributed by atoms with Crippen molar-refractivity contribution in [2.45, 2.75) is 19.3 Å². The molecule has 2 nitrogen and oxygen atoms in total. The van der Waals surface area contributed by atoms with Gasteiger partial charge in [0.05, 0.1) is 11.4 Å². The van der Waals surface area contributed by atoms with Crippen molar-refractivity contribution in [2.24, 2.45) is 0 Å². The molecular formula is C53H38N2. The fraction of sp³-hybridized carbons (Fsp3) is 0.0566. The Kier molecular flexibility index (Phi) is 7.85. The molecule has 0 saturated carbocycles. The number of nitrogens with zero attached hydrogens (tertiary/aromatic N) is 2. The monoisotopic (exact) mass is 702 g/mol. The molecule has 10 rings (SSSR count). The molecule has 0 bridgehead atoms. The summed E-state index contributed by atoms with van der Waals surface area (Å²) >= 11 is 0. The molecule has 1 heterocycles. The van der Waals surface area contributed by atoms with E-state index < -0.39 is 0 Å². The molecule has 8 aromatic carbocycles. The van der Waals surface area contributed by atoms with Gasteiger partial charge in [-0.2, -0.15) is 0 Å². The summed E-state index contributed by atoms with van der Waals surface area (Å²) in [5.74, 6) is 0.701. The van der Waals surface area contributed by atoms with Crippen LogP contribution in [0.1, 0.15) is 25.0 Å². The third kappa shape index (κ3) is 5.66. The zero-order chi connectivity index (χ0) is 36.9. The molecule has 0 radical (unpaired) electrons. The third-order valence-electron chi connectivity index (χ3n) is 11.3. The van der Waals surface area contributed by atoms with Gasteiger partial charge in [-0.15, -0.1) is 0 Å². The van der Waals surface area contributed by atoms with Gasteiger partial charge in [0, 0.05) is 22.1 Å². The first-order valence-electron chi connectivity index (χ1n) is 19.0. The molecule has 0 amide bonds. The van der Waals surface area contributed by atoms with Gasteiger partial charge >= 0.3 is 0 Å². The molecule has 0 fully saturated rings. The van der Waals surface area contributed by atoms with E-state index in [-0.39, 0.29) is 5.41 Å². The number of benzene rings is 8. The average Bonchev–Trinajstić information content (AvgIpc) is 3.50. The average molecular weight is 703 g/mol. The Morgan fingerprint density at radius 3 is 1.49 bits per heavy atom. The van der Waals surface area contributed by atoms with E-state index >= 15 is 0 Å². The van der Waals surface area contributed by atoms with Crippen LogP contribution in [-0.2, 0) is 5.41 Å². The van der Waals surface area contributed by atoms with Gasteiger partial charge in [0.2, 0.25) is 0 Å². The molecule has 55 heavy (non-hydrogen) atoms. The number of hydrogen-bond donors (Lipinski definition) is 0. The lowest BCUT2D eigenvalue weighted by Crippen LogP contribution is -2.14. The van der Waals surface area contributed by atoms with Crippen molar-refractivity contribution in [1.29, 1.82) is 0 Å². The highest BCUT2D eigenvalue weighted by atomic mass is 14.9. The van der Waals surface area contributed by atoms with Crippen molar-refractivity contribution in [1.82, 2.24) is 9.97 Å². The van der Waals surface area contributed by atoms with Crippen molar-refractivity contribution in [3.63, 3.8) is 0 Å². The lowest BCUT2D eigenvalue weighted by molar-refractivity contribution is 0.660. The van der Waals surface area contributed by atoms with Crippen LogP contribution in [0, 0.1) is 0 Å². The fourth-order valence-corrected chi connectivity index (χ4v) is 8.56. The van der Waals surface area contributed by atoms with Gasteiger partial charge in [0.25, 0.3) is 0 Å². The maximum absolute atomic E-state index is 5.31. The van der Waals surface area contributed by atoms with Gasteiger partial charge in [-0.05, 0) is 90.7 Å². The van der Waals surface area contributed by atoms with Crippen molar-refractivity contribution in [2.75, 3.05) is 0 Å². The van der Waals surface area contributed by atoms with Crippen LogP contribution in [0.3, 0.4) is 0 Å². The minimum absolute atomic E-state index is 0.0684. The van der Waals surface area contributed by atoms with E-state index in [0.29, 0.717) is 5.82 Å². The second kappa shape index (κ2) is 13.2. The highest BCUT2D eigenvalue weighted by molar-refractivity contribution is 6.08. The highest BCUT2D eigenvalue weighted by Crippen LogP contribution is 2.53. The summed E-state index contributed by atoms with van der Waals surface area (Å²) in [6.07, 6.45) is 0. The van der Waals surface area contributed by atoms with Crippen LogP contribution in [0.5, 0.6) is 0 Å². The number of hydrogen-bond acceptors (Lipinski definition) is 2. The number of rotatable bonds is 6. The van der Waals surface area contributed by atoms with Crippen molar-refractivity contribution in [3.8, 4) is 78.4 Å². The normalized spacial score (nSPS) is 12.7.